The van der Waals surface area contributed by atoms with E-state index in [9.17, 15) is 18.0 Å². The summed E-state index contributed by atoms with van der Waals surface area (Å²) in [4.78, 5) is 25.2. The average Bonchev–Trinajstić information content (AvgIpc) is 2.89. The predicted octanol–water partition coefficient (Wildman–Crippen LogP) is 4.03. The number of fused-ring (bicyclic) bond motifs is 1. The van der Waals surface area contributed by atoms with Gasteiger partial charge in [0.25, 0.3) is 0 Å². The Morgan fingerprint density at radius 2 is 1.73 bits per heavy atom. The average molecular weight is 524 g/mol. The van der Waals surface area contributed by atoms with Gasteiger partial charge < -0.3 is 20.1 Å². The van der Waals surface area contributed by atoms with Crippen LogP contribution in [0, 0.1) is 0 Å². The minimum absolute atomic E-state index is 0.00415. The summed E-state index contributed by atoms with van der Waals surface area (Å²) in [7, 11) is -4.11. The lowest BCUT2D eigenvalue weighted by Crippen LogP contribution is -2.37. The van der Waals surface area contributed by atoms with Crippen LogP contribution in [0.4, 0.5) is 11.4 Å². The quantitative estimate of drug-likeness (QED) is 0.369. The Bertz CT molecular complexity index is 1390. The van der Waals surface area contributed by atoms with Gasteiger partial charge in [0.2, 0.25) is 21.8 Å². The number of amides is 2. The molecule has 3 aromatic rings. The molecule has 0 spiro atoms. The molecule has 1 atom stereocenters. The monoisotopic (exact) mass is 523 g/mol. The maximum absolute atomic E-state index is 13.5. The molecule has 194 valence electrons. The molecular formula is C27H29N3O6S. The summed E-state index contributed by atoms with van der Waals surface area (Å²) < 4.78 is 40.6. The number of benzene rings is 3. The molecule has 0 saturated heterocycles. The molecule has 37 heavy (non-hydrogen) atoms. The molecule has 3 N–H and O–H groups in total. The van der Waals surface area contributed by atoms with E-state index in [-0.39, 0.29) is 17.2 Å². The van der Waals surface area contributed by atoms with E-state index in [1.165, 1.54) is 12.1 Å². The van der Waals surface area contributed by atoms with Crippen molar-refractivity contribution < 1.29 is 27.5 Å². The minimum Gasteiger partial charge on any atom is -0.494 e. The summed E-state index contributed by atoms with van der Waals surface area (Å²) in [5, 5.41) is 5.54. The van der Waals surface area contributed by atoms with Crippen molar-refractivity contribution in [2.24, 2.45) is 0 Å². The van der Waals surface area contributed by atoms with Crippen molar-refractivity contribution >= 4 is 33.2 Å². The Morgan fingerprint density at radius 1 is 0.973 bits per heavy atom. The molecule has 0 fully saturated rings. The van der Waals surface area contributed by atoms with Crippen LogP contribution in [0.25, 0.3) is 0 Å². The summed E-state index contributed by atoms with van der Waals surface area (Å²) >= 11 is 0. The molecule has 1 aliphatic rings. The lowest BCUT2D eigenvalue weighted by atomic mass is 10.0. The van der Waals surface area contributed by atoms with Gasteiger partial charge in [-0.15, -0.1) is 0 Å². The van der Waals surface area contributed by atoms with Gasteiger partial charge in [0.05, 0.1) is 23.8 Å². The van der Waals surface area contributed by atoms with Gasteiger partial charge >= 0.3 is 0 Å². The first-order chi connectivity index (χ1) is 17.8. The van der Waals surface area contributed by atoms with Gasteiger partial charge in [0.15, 0.2) is 0 Å². The maximum Gasteiger partial charge on any atom is 0.247 e. The summed E-state index contributed by atoms with van der Waals surface area (Å²) in [5.74, 6) is 0.279. The molecule has 0 aliphatic carbocycles. The highest BCUT2D eigenvalue weighted by molar-refractivity contribution is 7.89. The molecule has 3 aromatic carbocycles. The topological polar surface area (TPSA) is 123 Å². The van der Waals surface area contributed by atoms with E-state index in [4.69, 9.17) is 9.47 Å². The zero-order valence-electron chi connectivity index (χ0n) is 20.6. The fourth-order valence-corrected chi connectivity index (χ4v) is 5.25. The SMILES string of the molecule is CCOc1ccc(OCC)c(NC(=O)[C@H](NS(=O)(=O)c2ccc3c(c2)CCC(=O)N3)c2ccccc2)c1. The number of nitrogens with one attached hydrogen (secondary N) is 3. The van der Waals surface area contributed by atoms with Crippen LogP contribution >= 0.6 is 0 Å². The second-order valence-electron chi connectivity index (χ2n) is 8.35. The van der Waals surface area contributed by atoms with Crippen LogP contribution in [0.3, 0.4) is 0 Å². The molecule has 0 bridgehead atoms. The van der Waals surface area contributed by atoms with Crippen LogP contribution in [-0.4, -0.2) is 33.4 Å². The number of ether oxygens (including phenoxy) is 2. The first kappa shape index (κ1) is 26.2. The summed E-state index contributed by atoms with van der Waals surface area (Å²) in [6.07, 6.45) is 0.714. The number of hydrogen-bond acceptors (Lipinski definition) is 6. The van der Waals surface area contributed by atoms with E-state index in [1.54, 1.807) is 54.6 Å². The minimum atomic E-state index is -4.11. The molecule has 10 heteroatoms. The molecule has 0 aromatic heterocycles. The zero-order valence-corrected chi connectivity index (χ0v) is 21.4. The normalized spacial score (nSPS) is 13.7. The Kier molecular flexibility index (Phi) is 8.10. The van der Waals surface area contributed by atoms with Crippen LogP contribution in [-0.2, 0) is 26.0 Å². The third kappa shape index (κ3) is 6.28. The van der Waals surface area contributed by atoms with E-state index in [0.29, 0.717) is 48.1 Å². The lowest BCUT2D eigenvalue weighted by Gasteiger charge is -2.21. The van der Waals surface area contributed by atoms with Crippen molar-refractivity contribution in [1.29, 1.82) is 0 Å². The summed E-state index contributed by atoms with van der Waals surface area (Å²) in [5.41, 5.74) is 2.14. The van der Waals surface area contributed by atoms with E-state index < -0.39 is 22.0 Å². The number of anilines is 2. The van der Waals surface area contributed by atoms with E-state index in [2.05, 4.69) is 15.4 Å². The zero-order chi connectivity index (χ0) is 26.4. The first-order valence-corrected chi connectivity index (χ1v) is 13.5. The van der Waals surface area contributed by atoms with Gasteiger partial charge in [-0.3, -0.25) is 9.59 Å². The summed E-state index contributed by atoms with van der Waals surface area (Å²) in [6, 6.07) is 16.9. The molecule has 0 saturated carbocycles. The molecule has 0 unspecified atom stereocenters. The third-order valence-electron chi connectivity index (χ3n) is 5.77. The number of sulfonamides is 1. The van der Waals surface area contributed by atoms with Crippen LogP contribution in [0.2, 0.25) is 0 Å². The van der Waals surface area contributed by atoms with Gasteiger partial charge in [-0.05, 0) is 61.7 Å². The van der Waals surface area contributed by atoms with Gasteiger partial charge in [-0.1, -0.05) is 30.3 Å². The Morgan fingerprint density at radius 3 is 2.46 bits per heavy atom. The van der Waals surface area contributed by atoms with Gasteiger partial charge in [0.1, 0.15) is 17.5 Å². The number of carbonyl (C=O) groups is 2. The van der Waals surface area contributed by atoms with Crippen molar-refractivity contribution in [2.75, 3.05) is 23.8 Å². The van der Waals surface area contributed by atoms with Crippen LogP contribution in [0.15, 0.2) is 71.6 Å². The Hall–Kier alpha value is -3.89. The maximum atomic E-state index is 13.5. The number of hydrogen-bond donors (Lipinski definition) is 3. The summed E-state index contributed by atoms with van der Waals surface area (Å²) in [6.45, 7) is 4.50. The van der Waals surface area contributed by atoms with Gasteiger partial charge in [0, 0.05) is 18.2 Å². The second-order valence-corrected chi connectivity index (χ2v) is 10.1. The van der Waals surface area contributed by atoms with Crippen molar-refractivity contribution in [1.82, 2.24) is 4.72 Å². The Labute approximate surface area is 216 Å². The van der Waals surface area contributed by atoms with Gasteiger partial charge in [-0.25, -0.2) is 8.42 Å². The molecule has 9 nitrogen and oxygen atoms in total. The highest BCUT2D eigenvalue weighted by Gasteiger charge is 2.29. The van der Waals surface area contributed by atoms with Crippen LogP contribution in [0.5, 0.6) is 11.5 Å². The number of carbonyl (C=O) groups excluding carboxylic acids is 2. The van der Waals surface area contributed by atoms with Crippen molar-refractivity contribution in [2.45, 2.75) is 37.6 Å². The number of aryl methyl sites for hydroxylation is 1. The standard InChI is InChI=1S/C27H29N3O6S/c1-3-35-20-11-14-24(36-4-2)23(17-20)29-27(32)26(18-8-6-5-7-9-18)30-37(33,34)21-12-13-22-19(16-21)10-15-25(31)28-22/h5-9,11-14,16-17,26,30H,3-4,10,15H2,1-2H3,(H,28,31)(H,29,32)/t26-/m1/s1. The van der Waals surface area contributed by atoms with Crippen molar-refractivity contribution in [3.8, 4) is 11.5 Å². The molecule has 4 rings (SSSR count). The molecular weight excluding hydrogens is 494 g/mol. The lowest BCUT2D eigenvalue weighted by molar-refractivity contribution is -0.118. The van der Waals surface area contributed by atoms with Crippen molar-refractivity contribution in [3.05, 3.63) is 77.9 Å². The second kappa shape index (κ2) is 11.4. The predicted molar refractivity (Wildman–Crippen MR) is 140 cm³/mol. The highest BCUT2D eigenvalue weighted by atomic mass is 32.2. The van der Waals surface area contributed by atoms with E-state index in [1.807, 2.05) is 13.8 Å². The van der Waals surface area contributed by atoms with Gasteiger partial charge in [-0.2, -0.15) is 4.72 Å². The fourth-order valence-electron chi connectivity index (χ4n) is 4.02. The molecule has 2 amide bonds. The number of rotatable bonds is 10. The van der Waals surface area contributed by atoms with Crippen LogP contribution < -0.4 is 24.8 Å². The van der Waals surface area contributed by atoms with Crippen molar-refractivity contribution in [3.63, 3.8) is 0 Å². The van der Waals surface area contributed by atoms with E-state index in [0.717, 1.165) is 5.56 Å². The van der Waals surface area contributed by atoms with Crippen LogP contribution in [0.1, 0.15) is 37.4 Å². The largest absolute Gasteiger partial charge is 0.494 e. The first-order valence-electron chi connectivity index (χ1n) is 12.0. The molecule has 0 radical (unpaired) electrons. The van der Waals surface area contributed by atoms with E-state index >= 15 is 0 Å². The smallest absolute Gasteiger partial charge is 0.247 e. The molecule has 1 aliphatic heterocycles. The molecule has 1 heterocycles. The third-order valence-corrected chi connectivity index (χ3v) is 7.19. The fraction of sp³-hybridized carbons (Fsp3) is 0.259. The Balaban J connectivity index is 1.65. The highest BCUT2D eigenvalue weighted by Crippen LogP contribution is 2.31.